The Labute approximate surface area is 124 Å². The highest BCUT2D eigenvalue weighted by molar-refractivity contribution is 7.93. The fourth-order valence-corrected chi connectivity index (χ4v) is 3.38. The van der Waals surface area contributed by atoms with Gasteiger partial charge in [0, 0.05) is 35.7 Å². The minimum atomic E-state index is -4.19. The number of Topliss-reactive ketones (excluding diaryl/α,β-unsaturated/α-hetero) is 1. The molecular weight excluding hydrogens is 333 g/mol. The number of nitro benzene ring substituents is 1. The Bertz CT molecular complexity index is 634. The molecule has 1 rings (SSSR count). The molecule has 0 saturated carbocycles. The van der Waals surface area contributed by atoms with E-state index in [0.29, 0.717) is 4.41 Å². The zero-order chi connectivity index (χ0) is 15.5. The summed E-state index contributed by atoms with van der Waals surface area (Å²) in [5.74, 6) is -1.47. The van der Waals surface area contributed by atoms with Crippen molar-refractivity contribution in [3.8, 4) is 0 Å². The lowest BCUT2D eigenvalue weighted by Gasteiger charge is -2.24. The first-order valence-electron chi connectivity index (χ1n) is 5.03. The molecule has 0 atom stereocenters. The standard InChI is InChI=1S/C9H9Cl2N3O5S/c1-7(15)6-20(18,19)12(14(10)11)8-3-2-4-9(5-8)13(16)17/h2-5H,6H2,1H3. The number of carbonyl (C=O) groups excluding carboxylic acids is 1. The monoisotopic (exact) mass is 341 g/mol. The molecule has 0 aliphatic rings. The van der Waals surface area contributed by atoms with E-state index >= 15 is 0 Å². The van der Waals surface area contributed by atoms with E-state index in [1.165, 1.54) is 18.2 Å². The number of nitro groups is 1. The second kappa shape index (κ2) is 6.35. The van der Waals surface area contributed by atoms with Crippen molar-refractivity contribution in [3.63, 3.8) is 0 Å². The Morgan fingerprint density at radius 1 is 1.40 bits per heavy atom. The van der Waals surface area contributed by atoms with Gasteiger partial charge < -0.3 is 0 Å². The molecule has 0 bridgehead atoms. The first-order chi connectivity index (χ1) is 9.15. The lowest BCUT2D eigenvalue weighted by Crippen LogP contribution is -2.39. The largest absolute Gasteiger partial charge is 0.299 e. The van der Waals surface area contributed by atoms with Crippen LogP contribution in [-0.2, 0) is 14.8 Å². The van der Waals surface area contributed by atoms with Gasteiger partial charge in [-0.15, -0.1) is 0 Å². The molecule has 0 unspecified atom stereocenters. The van der Waals surface area contributed by atoms with Crippen LogP contribution in [0.15, 0.2) is 24.3 Å². The van der Waals surface area contributed by atoms with Crippen molar-refractivity contribution in [2.45, 2.75) is 6.92 Å². The van der Waals surface area contributed by atoms with Crippen LogP contribution in [-0.4, -0.2) is 28.9 Å². The quantitative estimate of drug-likeness (QED) is 0.444. The van der Waals surface area contributed by atoms with Gasteiger partial charge in [-0.25, -0.2) is 8.42 Å². The molecule has 110 valence electrons. The first-order valence-corrected chi connectivity index (χ1v) is 7.32. The van der Waals surface area contributed by atoms with E-state index in [1.807, 2.05) is 0 Å². The molecule has 0 fully saturated rings. The molecule has 11 heteroatoms. The Hall–Kier alpha value is -1.42. The maximum Gasteiger partial charge on any atom is 0.271 e. The van der Waals surface area contributed by atoms with Gasteiger partial charge in [0.15, 0.2) is 0 Å². The number of rotatable bonds is 6. The van der Waals surface area contributed by atoms with Crippen LogP contribution in [0.5, 0.6) is 0 Å². The van der Waals surface area contributed by atoms with Crippen molar-refractivity contribution in [3.05, 3.63) is 34.4 Å². The number of halogens is 2. The van der Waals surface area contributed by atoms with Gasteiger partial charge >= 0.3 is 0 Å². The van der Waals surface area contributed by atoms with Crippen LogP contribution >= 0.6 is 23.6 Å². The van der Waals surface area contributed by atoms with Crippen LogP contribution < -0.4 is 4.41 Å². The third-order valence-corrected chi connectivity index (χ3v) is 4.20. The maximum absolute atomic E-state index is 12.0. The summed E-state index contributed by atoms with van der Waals surface area (Å²) in [6.45, 7) is 1.08. The Morgan fingerprint density at radius 3 is 2.45 bits per heavy atom. The van der Waals surface area contributed by atoms with Gasteiger partial charge in [-0.1, -0.05) is 6.07 Å². The predicted octanol–water partition coefficient (Wildman–Crippen LogP) is 1.84. The first kappa shape index (κ1) is 16.6. The van der Waals surface area contributed by atoms with Crippen molar-refractivity contribution in [1.82, 2.24) is 4.05 Å². The SMILES string of the molecule is CC(=O)CS(=O)(=O)N(c1cccc([N+](=O)[O-])c1)N(Cl)Cl. The summed E-state index contributed by atoms with van der Waals surface area (Å²) in [5.41, 5.74) is -0.508. The average Bonchev–Trinajstić information content (AvgIpc) is 2.26. The van der Waals surface area contributed by atoms with Crippen LogP contribution in [0.2, 0.25) is 0 Å². The van der Waals surface area contributed by atoms with E-state index in [9.17, 15) is 23.3 Å². The molecule has 0 aliphatic heterocycles. The summed E-state index contributed by atoms with van der Waals surface area (Å²) in [5, 5.41) is 10.7. The molecule has 8 nitrogen and oxygen atoms in total. The fraction of sp³-hybridized carbons (Fsp3) is 0.222. The minimum absolute atomic E-state index is 0.162. The van der Waals surface area contributed by atoms with Crippen LogP contribution in [0, 0.1) is 10.1 Å². The highest BCUT2D eigenvalue weighted by Gasteiger charge is 2.29. The lowest BCUT2D eigenvalue weighted by atomic mass is 10.3. The average molecular weight is 342 g/mol. The smallest absolute Gasteiger partial charge is 0.271 e. The second-order valence-electron chi connectivity index (χ2n) is 3.69. The number of anilines is 1. The van der Waals surface area contributed by atoms with Crippen LogP contribution in [0.1, 0.15) is 6.92 Å². The summed E-state index contributed by atoms with van der Waals surface area (Å²) in [4.78, 5) is 20.9. The summed E-state index contributed by atoms with van der Waals surface area (Å²) in [6.07, 6.45) is 0. The number of nitrogens with zero attached hydrogens (tertiary/aromatic N) is 3. The highest BCUT2D eigenvalue weighted by atomic mass is 35.5. The van der Waals surface area contributed by atoms with Gasteiger partial charge in [0.25, 0.3) is 15.7 Å². The van der Waals surface area contributed by atoms with E-state index in [-0.39, 0.29) is 15.4 Å². The van der Waals surface area contributed by atoms with E-state index in [2.05, 4.69) is 0 Å². The second-order valence-corrected chi connectivity index (χ2v) is 6.31. The molecule has 0 heterocycles. The molecule has 0 radical (unpaired) electrons. The normalized spacial score (nSPS) is 11.4. The number of hydrazine groups is 1. The Balaban J connectivity index is 3.31. The summed E-state index contributed by atoms with van der Waals surface area (Å²) >= 11 is 10.9. The van der Waals surface area contributed by atoms with Crippen molar-refractivity contribution in [2.24, 2.45) is 0 Å². The van der Waals surface area contributed by atoms with Gasteiger partial charge in [-0.3, -0.25) is 14.9 Å². The molecule has 20 heavy (non-hydrogen) atoms. The molecule has 0 aliphatic carbocycles. The van der Waals surface area contributed by atoms with Gasteiger partial charge in [0.2, 0.25) is 0 Å². The Kier molecular flexibility index (Phi) is 5.28. The van der Waals surface area contributed by atoms with Crippen molar-refractivity contribution < 1.29 is 18.1 Å². The van der Waals surface area contributed by atoms with E-state index in [1.54, 1.807) is 0 Å². The number of hydrogen-bond acceptors (Lipinski definition) is 6. The maximum atomic E-state index is 12.0. The van der Waals surface area contributed by atoms with E-state index in [4.69, 9.17) is 23.6 Å². The molecule has 1 aromatic rings. The number of carbonyl (C=O) groups is 1. The third-order valence-electron chi connectivity index (χ3n) is 2.05. The zero-order valence-corrected chi connectivity index (χ0v) is 12.4. The van der Waals surface area contributed by atoms with Crippen molar-refractivity contribution >= 4 is 50.7 Å². The third kappa shape index (κ3) is 4.04. The summed E-state index contributed by atoms with van der Waals surface area (Å²) in [6, 6.07) is 4.66. The van der Waals surface area contributed by atoms with Crippen molar-refractivity contribution in [2.75, 3.05) is 10.2 Å². The molecule has 0 saturated heterocycles. The topological polar surface area (TPSA) is 101 Å². The van der Waals surface area contributed by atoms with E-state index < -0.39 is 26.5 Å². The Morgan fingerprint density at radius 2 is 2.00 bits per heavy atom. The number of benzene rings is 1. The van der Waals surface area contributed by atoms with Crippen LogP contribution in [0.3, 0.4) is 0 Å². The number of non-ortho nitro benzene ring substituents is 1. The number of sulfonamides is 1. The molecule has 0 aromatic heterocycles. The number of hydrogen-bond donors (Lipinski definition) is 0. The zero-order valence-electron chi connectivity index (χ0n) is 10.1. The highest BCUT2D eigenvalue weighted by Crippen LogP contribution is 2.27. The summed E-state index contributed by atoms with van der Waals surface area (Å²) < 4.78 is 24.6. The molecule has 1 aromatic carbocycles. The van der Waals surface area contributed by atoms with Gasteiger partial charge in [-0.05, 0) is 17.0 Å². The van der Waals surface area contributed by atoms with Gasteiger partial charge in [0.1, 0.15) is 11.5 Å². The molecule has 0 N–H and O–H groups in total. The van der Waals surface area contributed by atoms with Crippen LogP contribution in [0.4, 0.5) is 11.4 Å². The molecule has 0 amide bonds. The fourth-order valence-electron chi connectivity index (χ4n) is 1.39. The lowest BCUT2D eigenvalue weighted by molar-refractivity contribution is -0.384. The predicted molar refractivity (Wildman–Crippen MR) is 73.6 cm³/mol. The number of ketones is 1. The van der Waals surface area contributed by atoms with Gasteiger partial charge in [0.05, 0.1) is 10.6 Å². The summed E-state index contributed by atoms with van der Waals surface area (Å²) in [7, 11) is -4.19. The van der Waals surface area contributed by atoms with Crippen molar-refractivity contribution in [1.29, 1.82) is 0 Å². The van der Waals surface area contributed by atoms with Crippen LogP contribution in [0.25, 0.3) is 0 Å². The van der Waals surface area contributed by atoms with E-state index in [0.717, 1.165) is 13.0 Å². The minimum Gasteiger partial charge on any atom is -0.299 e. The molecular formula is C9H9Cl2N3O5S. The molecule has 0 spiro atoms. The van der Waals surface area contributed by atoms with Gasteiger partial charge in [-0.2, -0.15) is 4.41 Å².